The van der Waals surface area contributed by atoms with Crippen LogP contribution in [-0.4, -0.2) is 52.9 Å². The van der Waals surface area contributed by atoms with E-state index in [9.17, 15) is 9.18 Å². The number of aromatic nitrogens is 3. The molecule has 1 aromatic heterocycles. The number of hydrogen-bond acceptors (Lipinski definition) is 11. The summed E-state index contributed by atoms with van der Waals surface area (Å²) >= 11 is 6.04. The molecule has 2 heterocycles. The van der Waals surface area contributed by atoms with Gasteiger partial charge in [-0.25, -0.2) is 9.40 Å². The largest absolute Gasteiger partial charge is 0.493 e. The van der Waals surface area contributed by atoms with E-state index in [1.807, 2.05) is 36.4 Å². The summed E-state index contributed by atoms with van der Waals surface area (Å²) in [6.45, 7) is 1.48. The summed E-state index contributed by atoms with van der Waals surface area (Å²) in [6, 6.07) is 23.8. The fourth-order valence-electron chi connectivity index (χ4n) is 5.27. The highest BCUT2D eigenvalue weighted by Gasteiger charge is 2.33. The molecule has 1 aliphatic heterocycles. The van der Waals surface area contributed by atoms with Crippen molar-refractivity contribution in [2.24, 2.45) is 5.10 Å². The van der Waals surface area contributed by atoms with Gasteiger partial charge >= 0.3 is 0 Å². The van der Waals surface area contributed by atoms with Crippen LogP contribution in [0.25, 0.3) is 0 Å². The van der Waals surface area contributed by atoms with Crippen molar-refractivity contribution in [2.75, 3.05) is 37.3 Å². The molecular weight excluding hydrogens is 651 g/mol. The Hall–Kier alpha value is -5.95. The number of anilines is 6. The van der Waals surface area contributed by atoms with Crippen molar-refractivity contribution < 1.29 is 23.4 Å². The first-order valence-electron chi connectivity index (χ1n) is 15.1. The summed E-state index contributed by atoms with van der Waals surface area (Å²) in [4.78, 5) is 26.2. The minimum Gasteiger partial charge on any atom is -0.493 e. The molecular formula is C35H32ClFN8O4. The van der Waals surface area contributed by atoms with Crippen LogP contribution in [0.3, 0.4) is 0 Å². The molecule has 0 radical (unpaired) electrons. The van der Waals surface area contributed by atoms with Crippen LogP contribution >= 0.6 is 11.6 Å². The molecule has 14 heteroatoms. The zero-order valence-corrected chi connectivity index (χ0v) is 27.7. The monoisotopic (exact) mass is 682 g/mol. The molecule has 0 saturated heterocycles. The smallest absolute Gasteiger partial charge is 0.240 e. The van der Waals surface area contributed by atoms with E-state index in [0.717, 1.165) is 22.5 Å². The van der Waals surface area contributed by atoms with Crippen molar-refractivity contribution in [1.82, 2.24) is 20.0 Å². The van der Waals surface area contributed by atoms with Gasteiger partial charge in [0.1, 0.15) is 5.82 Å². The number of carbonyl (C=O) groups excluding carboxylic acids is 1. The summed E-state index contributed by atoms with van der Waals surface area (Å²) in [5, 5.41) is 16.2. The molecule has 5 aromatic rings. The van der Waals surface area contributed by atoms with E-state index in [1.54, 1.807) is 57.7 Å². The molecule has 12 nitrogen and oxygen atoms in total. The molecule has 0 bridgehead atoms. The standard InChI is InChI=1S/C35H32ClFN8O4/c1-20(46)45-29(22-17-30(47-2)32(49-4)31(18-22)48-3)19-28(44-45)21-5-11-25(12-6-21)38-33-41-34(39-26-13-7-23(36)8-14-26)43-35(42-33)40-27-15-9-24(37)10-16-27/h5-18,29H,19H2,1-4H3,(H3,38,39,40,41,42,43). The van der Waals surface area contributed by atoms with E-state index < -0.39 is 0 Å². The zero-order valence-electron chi connectivity index (χ0n) is 27.0. The van der Waals surface area contributed by atoms with Gasteiger partial charge in [0.25, 0.3) is 0 Å². The second-order valence-corrected chi connectivity index (χ2v) is 11.3. The molecule has 1 amide bonds. The van der Waals surface area contributed by atoms with Crippen LogP contribution < -0.4 is 30.2 Å². The molecule has 1 aliphatic rings. The molecule has 0 saturated carbocycles. The number of nitrogens with one attached hydrogen (secondary N) is 3. The van der Waals surface area contributed by atoms with Gasteiger partial charge in [0, 0.05) is 35.4 Å². The maximum atomic E-state index is 13.5. The number of rotatable bonds is 11. The minimum absolute atomic E-state index is 0.199. The molecule has 4 aromatic carbocycles. The van der Waals surface area contributed by atoms with E-state index >= 15 is 0 Å². The Morgan fingerprint density at radius 1 is 0.755 bits per heavy atom. The summed E-state index contributed by atoms with van der Waals surface area (Å²) in [5.74, 6) is 1.65. The molecule has 49 heavy (non-hydrogen) atoms. The Morgan fingerprint density at radius 3 is 1.67 bits per heavy atom. The van der Waals surface area contributed by atoms with Crippen LogP contribution in [0, 0.1) is 5.82 Å². The topological polar surface area (TPSA) is 135 Å². The second-order valence-electron chi connectivity index (χ2n) is 10.9. The highest BCUT2D eigenvalue weighted by atomic mass is 35.5. The van der Waals surface area contributed by atoms with Gasteiger partial charge in [-0.15, -0.1) is 0 Å². The Labute approximate surface area is 286 Å². The van der Waals surface area contributed by atoms with Crippen LogP contribution in [0.2, 0.25) is 5.02 Å². The lowest BCUT2D eigenvalue weighted by Crippen LogP contribution is -2.24. The van der Waals surface area contributed by atoms with Gasteiger partial charge in [-0.05, 0) is 83.9 Å². The molecule has 1 atom stereocenters. The van der Waals surface area contributed by atoms with Crippen LogP contribution in [0.1, 0.15) is 30.5 Å². The molecule has 3 N–H and O–H groups in total. The lowest BCUT2D eigenvalue weighted by atomic mass is 9.97. The highest BCUT2D eigenvalue weighted by molar-refractivity contribution is 6.30. The number of carbonyl (C=O) groups is 1. The molecule has 0 spiro atoms. The highest BCUT2D eigenvalue weighted by Crippen LogP contribution is 2.43. The second kappa shape index (κ2) is 14.4. The van der Waals surface area contributed by atoms with Crippen molar-refractivity contribution in [3.05, 3.63) is 107 Å². The van der Waals surface area contributed by atoms with Crippen LogP contribution in [0.15, 0.2) is 90.0 Å². The SMILES string of the molecule is COc1cc(C2CC(c3ccc(Nc4nc(Nc5ccc(F)cc5)nc(Nc5ccc(Cl)cc5)n4)cc3)=NN2C(C)=O)cc(OC)c1OC. The number of halogens is 2. The maximum Gasteiger partial charge on any atom is 0.240 e. The summed E-state index contributed by atoms with van der Waals surface area (Å²) in [7, 11) is 4.64. The van der Waals surface area contributed by atoms with E-state index in [4.69, 9.17) is 25.8 Å². The van der Waals surface area contributed by atoms with Crippen molar-refractivity contribution in [3.63, 3.8) is 0 Å². The molecule has 0 fully saturated rings. The third kappa shape index (κ3) is 7.63. The Balaban J connectivity index is 1.24. The lowest BCUT2D eigenvalue weighted by molar-refractivity contribution is -0.130. The molecule has 0 aliphatic carbocycles. The number of methoxy groups -OCH3 is 3. The molecule has 6 rings (SSSR count). The van der Waals surface area contributed by atoms with E-state index in [2.05, 4.69) is 36.0 Å². The van der Waals surface area contributed by atoms with Gasteiger partial charge in [-0.1, -0.05) is 23.7 Å². The van der Waals surface area contributed by atoms with Gasteiger partial charge in [0.2, 0.25) is 29.5 Å². The van der Waals surface area contributed by atoms with E-state index in [1.165, 1.54) is 24.1 Å². The van der Waals surface area contributed by atoms with Crippen molar-refractivity contribution >= 4 is 58.1 Å². The Bertz CT molecular complexity index is 1900. The number of nitrogens with zero attached hydrogens (tertiary/aromatic N) is 5. The van der Waals surface area contributed by atoms with Crippen molar-refractivity contribution in [2.45, 2.75) is 19.4 Å². The lowest BCUT2D eigenvalue weighted by Gasteiger charge is -2.22. The van der Waals surface area contributed by atoms with Gasteiger partial charge in [0.05, 0.1) is 33.1 Å². The third-order valence-corrected chi connectivity index (χ3v) is 7.87. The first kappa shape index (κ1) is 33.0. The molecule has 1 unspecified atom stereocenters. The van der Waals surface area contributed by atoms with Crippen molar-refractivity contribution in [1.29, 1.82) is 0 Å². The first-order chi connectivity index (χ1) is 23.7. The summed E-state index contributed by atoms with van der Waals surface area (Å²) in [5.41, 5.74) is 4.39. The number of hydrazone groups is 1. The fourth-order valence-corrected chi connectivity index (χ4v) is 5.40. The third-order valence-electron chi connectivity index (χ3n) is 7.62. The van der Waals surface area contributed by atoms with Gasteiger partial charge in [-0.2, -0.15) is 20.1 Å². The average Bonchev–Trinajstić information content (AvgIpc) is 3.56. The van der Waals surface area contributed by atoms with Crippen molar-refractivity contribution in [3.8, 4) is 17.2 Å². The van der Waals surface area contributed by atoms with E-state index in [-0.39, 0.29) is 35.6 Å². The number of amides is 1. The quantitative estimate of drug-likeness (QED) is 0.128. The number of hydrogen-bond donors (Lipinski definition) is 3. The van der Waals surface area contributed by atoms with Crippen LogP contribution in [0.4, 0.5) is 39.3 Å². The normalized spacial score (nSPS) is 13.8. The maximum absolute atomic E-state index is 13.5. The summed E-state index contributed by atoms with van der Waals surface area (Å²) in [6.07, 6.45) is 0.469. The van der Waals surface area contributed by atoms with Crippen LogP contribution in [-0.2, 0) is 4.79 Å². The summed E-state index contributed by atoms with van der Waals surface area (Å²) < 4.78 is 30.0. The van der Waals surface area contributed by atoms with Gasteiger partial charge in [0.15, 0.2) is 11.5 Å². The fraction of sp³-hybridized carbons (Fsp3) is 0.171. The van der Waals surface area contributed by atoms with Crippen LogP contribution in [0.5, 0.6) is 17.2 Å². The number of ether oxygens (including phenoxy) is 3. The minimum atomic E-state index is -0.372. The predicted octanol–water partition coefficient (Wildman–Crippen LogP) is 7.62. The number of benzene rings is 4. The molecule has 250 valence electrons. The Kier molecular flexibility index (Phi) is 9.72. The van der Waals surface area contributed by atoms with E-state index in [0.29, 0.717) is 40.1 Å². The van der Waals surface area contributed by atoms with Gasteiger partial charge in [-0.3, -0.25) is 4.79 Å². The average molecular weight is 683 g/mol. The predicted molar refractivity (Wildman–Crippen MR) is 186 cm³/mol. The first-order valence-corrected chi connectivity index (χ1v) is 15.5. The van der Waals surface area contributed by atoms with Gasteiger partial charge < -0.3 is 30.2 Å². The Morgan fingerprint density at radius 2 is 1.22 bits per heavy atom. The zero-order chi connectivity index (χ0) is 34.5.